The third-order valence-electron chi connectivity index (χ3n) is 7.21. The summed E-state index contributed by atoms with van der Waals surface area (Å²) in [7, 11) is 0. The van der Waals surface area contributed by atoms with E-state index in [-0.39, 0.29) is 5.02 Å². The van der Waals surface area contributed by atoms with Crippen molar-refractivity contribution in [1.29, 1.82) is 5.26 Å². The Morgan fingerprint density at radius 2 is 2.03 bits per heavy atom. The monoisotopic (exact) mass is 610 g/mol. The number of nitrogens with zero attached hydrogens (tertiary/aromatic N) is 6. The minimum absolute atomic E-state index is 0.00432. The number of likely N-dealkylation sites (tertiary alicyclic amines) is 1. The lowest BCUT2D eigenvalue weighted by Crippen LogP contribution is -2.33. The Labute approximate surface area is 240 Å². The molecule has 3 heterocycles. The molecule has 5 rings (SSSR count). The molecular formula is C28H29BrClFN8. The van der Waals surface area contributed by atoms with Crippen LogP contribution < -0.4 is 10.6 Å². The van der Waals surface area contributed by atoms with Crippen molar-refractivity contribution in [1.82, 2.24) is 24.9 Å². The molecule has 4 aromatic rings. The Hall–Kier alpha value is -3.26. The van der Waals surface area contributed by atoms with E-state index >= 15 is 0 Å². The molecule has 0 bridgehead atoms. The van der Waals surface area contributed by atoms with Crippen LogP contribution in [-0.4, -0.2) is 44.5 Å². The largest absolute Gasteiger partial charge is 0.379 e. The number of hydrogen-bond donors (Lipinski definition) is 2. The quantitative estimate of drug-likeness (QED) is 0.217. The Balaban J connectivity index is 1.29. The maximum atomic E-state index is 13.7. The van der Waals surface area contributed by atoms with Gasteiger partial charge in [0.2, 0.25) is 0 Å². The molecule has 0 aliphatic carbocycles. The number of halogens is 3. The number of hydrogen-bond acceptors (Lipinski definition) is 7. The zero-order valence-electron chi connectivity index (χ0n) is 21.6. The van der Waals surface area contributed by atoms with E-state index in [2.05, 4.69) is 59.8 Å². The molecule has 1 aliphatic rings. The third-order valence-corrected chi connectivity index (χ3v) is 8.11. The van der Waals surface area contributed by atoms with Gasteiger partial charge in [-0.15, -0.1) is 5.10 Å². The molecule has 202 valence electrons. The molecular weight excluding hydrogens is 583 g/mol. The Kier molecular flexibility index (Phi) is 8.60. The average molecular weight is 612 g/mol. The fourth-order valence-electron chi connectivity index (χ4n) is 4.93. The van der Waals surface area contributed by atoms with Crippen LogP contribution in [0, 0.1) is 23.1 Å². The van der Waals surface area contributed by atoms with E-state index in [9.17, 15) is 9.65 Å². The lowest BCUT2D eigenvalue weighted by molar-refractivity contribution is 0.182. The van der Waals surface area contributed by atoms with E-state index < -0.39 is 5.82 Å². The van der Waals surface area contributed by atoms with Crippen molar-refractivity contribution in [3.8, 4) is 6.07 Å². The van der Waals surface area contributed by atoms with Crippen LogP contribution in [-0.2, 0) is 13.1 Å². The summed E-state index contributed by atoms with van der Waals surface area (Å²) in [6, 6.07) is 10.4. The van der Waals surface area contributed by atoms with E-state index in [1.165, 1.54) is 44.3 Å². The van der Waals surface area contributed by atoms with Gasteiger partial charge in [-0.25, -0.2) is 4.39 Å². The zero-order valence-corrected chi connectivity index (χ0v) is 23.9. The number of fused-ring (bicyclic) bond motifs is 1. The smallest absolute Gasteiger partial charge is 0.141 e. The summed E-state index contributed by atoms with van der Waals surface area (Å²) in [5, 5.41) is 25.7. The van der Waals surface area contributed by atoms with Crippen LogP contribution in [0.25, 0.3) is 10.9 Å². The highest BCUT2D eigenvalue weighted by molar-refractivity contribution is 9.10. The van der Waals surface area contributed by atoms with E-state index in [4.69, 9.17) is 11.6 Å². The van der Waals surface area contributed by atoms with Gasteiger partial charge in [0.05, 0.1) is 34.5 Å². The van der Waals surface area contributed by atoms with E-state index in [1.807, 2.05) is 23.0 Å². The predicted molar refractivity (Wildman–Crippen MR) is 156 cm³/mol. The highest BCUT2D eigenvalue weighted by Gasteiger charge is 2.18. The van der Waals surface area contributed by atoms with Gasteiger partial charge in [0, 0.05) is 34.0 Å². The SMILES string of the molecule is CCN1CCC(CCn2cc(CNc3cc(Br)c4ncc(C#N)c(Nc5ccc(F)c(Cl)c5)c4c3)nn2)CC1. The predicted octanol–water partition coefficient (Wildman–Crippen LogP) is 6.73. The first-order chi connectivity index (χ1) is 18.9. The number of nitrogens with one attached hydrogen (secondary N) is 2. The first-order valence-electron chi connectivity index (χ1n) is 13.0. The van der Waals surface area contributed by atoms with Gasteiger partial charge in [-0.05, 0) is 91.1 Å². The summed E-state index contributed by atoms with van der Waals surface area (Å²) in [4.78, 5) is 6.97. The number of benzene rings is 2. The molecule has 8 nitrogen and oxygen atoms in total. The highest BCUT2D eigenvalue weighted by Crippen LogP contribution is 2.35. The standard InChI is InChI=1S/C28H29BrClFN8/c1-2-38-8-5-18(6-9-38)7-10-39-17-22(36-37-39)16-33-21-11-23-27(35-20-3-4-26(31)25(30)13-20)19(14-32)15-34-28(23)24(29)12-21/h3-4,11-13,15,17-18,33H,2,5-10,16H2,1H3,(H,34,35). The van der Waals surface area contributed by atoms with Crippen LogP contribution >= 0.6 is 27.5 Å². The average Bonchev–Trinajstić information content (AvgIpc) is 3.41. The van der Waals surface area contributed by atoms with Crippen molar-refractivity contribution < 1.29 is 4.39 Å². The molecule has 1 saturated heterocycles. The minimum atomic E-state index is -0.509. The number of anilines is 3. The van der Waals surface area contributed by atoms with Crippen LogP contribution in [0.1, 0.15) is 37.4 Å². The molecule has 0 spiro atoms. The van der Waals surface area contributed by atoms with Crippen molar-refractivity contribution in [3.63, 3.8) is 0 Å². The van der Waals surface area contributed by atoms with Gasteiger partial charge in [0.25, 0.3) is 0 Å². The molecule has 39 heavy (non-hydrogen) atoms. The lowest BCUT2D eigenvalue weighted by Gasteiger charge is -2.30. The summed E-state index contributed by atoms with van der Waals surface area (Å²) >= 11 is 9.58. The molecule has 2 aromatic heterocycles. The number of piperidine rings is 1. The zero-order chi connectivity index (χ0) is 27.4. The molecule has 1 fully saturated rings. The number of aromatic nitrogens is 4. The van der Waals surface area contributed by atoms with E-state index in [0.29, 0.717) is 29.0 Å². The second kappa shape index (κ2) is 12.3. The molecule has 2 aromatic carbocycles. The first kappa shape index (κ1) is 27.3. The van der Waals surface area contributed by atoms with Crippen LogP contribution in [0.2, 0.25) is 5.02 Å². The van der Waals surface area contributed by atoms with E-state index in [1.54, 1.807) is 6.07 Å². The summed E-state index contributed by atoms with van der Waals surface area (Å²) in [6.07, 6.45) is 7.13. The van der Waals surface area contributed by atoms with Gasteiger partial charge >= 0.3 is 0 Å². The van der Waals surface area contributed by atoms with Gasteiger partial charge in [-0.1, -0.05) is 23.7 Å². The molecule has 1 aliphatic heterocycles. The number of nitriles is 1. The first-order valence-corrected chi connectivity index (χ1v) is 14.2. The third kappa shape index (κ3) is 6.49. The molecule has 11 heteroatoms. The molecule has 0 unspecified atom stereocenters. The summed E-state index contributed by atoms with van der Waals surface area (Å²) in [6.45, 7) is 7.11. The number of aryl methyl sites for hydroxylation is 1. The van der Waals surface area contributed by atoms with Crippen LogP contribution in [0.15, 0.2) is 47.2 Å². The Morgan fingerprint density at radius 1 is 1.21 bits per heavy atom. The maximum absolute atomic E-state index is 13.7. The van der Waals surface area contributed by atoms with Crippen LogP contribution in [0.3, 0.4) is 0 Å². The maximum Gasteiger partial charge on any atom is 0.141 e. The van der Waals surface area contributed by atoms with E-state index in [0.717, 1.165) is 46.7 Å². The minimum Gasteiger partial charge on any atom is -0.379 e. The van der Waals surface area contributed by atoms with Gasteiger partial charge in [0.1, 0.15) is 17.6 Å². The topological polar surface area (TPSA) is 94.7 Å². The van der Waals surface area contributed by atoms with Crippen molar-refractivity contribution in [2.75, 3.05) is 30.3 Å². The van der Waals surface area contributed by atoms with Gasteiger partial charge in [-0.3, -0.25) is 9.67 Å². The van der Waals surface area contributed by atoms with Gasteiger partial charge in [-0.2, -0.15) is 5.26 Å². The second-order valence-corrected chi connectivity index (χ2v) is 11.0. The van der Waals surface area contributed by atoms with Crippen molar-refractivity contribution in [3.05, 3.63) is 69.3 Å². The molecule has 0 amide bonds. The fraction of sp³-hybridized carbons (Fsp3) is 0.357. The number of pyridine rings is 1. The summed E-state index contributed by atoms with van der Waals surface area (Å²) < 4.78 is 16.4. The Morgan fingerprint density at radius 3 is 2.77 bits per heavy atom. The van der Waals surface area contributed by atoms with Crippen LogP contribution in [0.4, 0.5) is 21.5 Å². The van der Waals surface area contributed by atoms with Crippen molar-refractivity contribution in [2.45, 2.75) is 39.3 Å². The van der Waals surface area contributed by atoms with Crippen LogP contribution in [0.5, 0.6) is 0 Å². The lowest BCUT2D eigenvalue weighted by atomic mass is 9.93. The second-order valence-electron chi connectivity index (χ2n) is 9.76. The molecule has 0 radical (unpaired) electrons. The Bertz CT molecular complexity index is 1510. The van der Waals surface area contributed by atoms with Gasteiger partial charge < -0.3 is 15.5 Å². The van der Waals surface area contributed by atoms with Crippen molar-refractivity contribution >= 4 is 55.5 Å². The summed E-state index contributed by atoms with van der Waals surface area (Å²) in [5.74, 6) is 0.236. The molecule has 0 saturated carbocycles. The number of rotatable bonds is 9. The normalized spacial score (nSPS) is 14.4. The highest BCUT2D eigenvalue weighted by atomic mass is 79.9. The fourth-order valence-corrected chi connectivity index (χ4v) is 5.67. The summed E-state index contributed by atoms with van der Waals surface area (Å²) in [5.41, 5.74) is 3.83. The van der Waals surface area contributed by atoms with Crippen molar-refractivity contribution in [2.24, 2.45) is 5.92 Å². The molecule has 0 atom stereocenters. The van der Waals surface area contributed by atoms with Gasteiger partial charge in [0.15, 0.2) is 0 Å². The molecule has 2 N–H and O–H groups in total.